The van der Waals surface area contributed by atoms with E-state index in [-0.39, 0.29) is 43.4 Å². The van der Waals surface area contributed by atoms with E-state index in [1.807, 2.05) is 75.0 Å². The first kappa shape index (κ1) is 50.5. The van der Waals surface area contributed by atoms with Crippen LogP contribution in [0.15, 0.2) is 53.8 Å². The first-order valence-electron chi connectivity index (χ1n) is 23.9. The number of carbonyl (C=O) groups excluding carboxylic acids is 4. The molecule has 1 saturated carbocycles. The number of amides is 1. The maximum Gasteiger partial charge on any atom is 0.329 e. The molecule has 0 radical (unpaired) electrons. The minimum absolute atomic E-state index is 0.0233. The number of hydrogen-bond acceptors (Lipinski definition) is 12. The number of nitrogens with zero attached hydrogens (tertiary/aromatic N) is 2. The van der Waals surface area contributed by atoms with Gasteiger partial charge in [0.05, 0.1) is 24.4 Å². The van der Waals surface area contributed by atoms with Gasteiger partial charge < -0.3 is 48.5 Å². The average molecular weight is 907 g/mol. The van der Waals surface area contributed by atoms with Gasteiger partial charge in [-0.3, -0.25) is 14.4 Å². The predicted molar refractivity (Wildman–Crippen MR) is 245 cm³/mol. The van der Waals surface area contributed by atoms with Crippen molar-refractivity contribution in [3.63, 3.8) is 0 Å². The zero-order valence-corrected chi connectivity index (χ0v) is 39.9. The van der Waals surface area contributed by atoms with E-state index in [9.17, 15) is 34.5 Å². The summed E-state index contributed by atoms with van der Waals surface area (Å²) in [5, 5.41) is 36.1. The van der Waals surface area contributed by atoms with Gasteiger partial charge in [-0.15, -0.1) is 0 Å². The molecule has 1 amide bonds. The average Bonchev–Trinajstić information content (AvgIpc) is 3.66. The topological polar surface area (TPSA) is 183 Å². The minimum atomic E-state index is -2.52. The van der Waals surface area contributed by atoms with Crippen LogP contribution in [0.2, 0.25) is 0 Å². The van der Waals surface area contributed by atoms with Crippen LogP contribution in [0.4, 0.5) is 0 Å². The summed E-state index contributed by atoms with van der Waals surface area (Å²) >= 11 is 0. The summed E-state index contributed by atoms with van der Waals surface area (Å²) in [6.45, 7) is 11.3. The number of ketones is 2. The van der Waals surface area contributed by atoms with E-state index < -0.39 is 90.0 Å². The van der Waals surface area contributed by atoms with Crippen molar-refractivity contribution in [2.75, 3.05) is 20.8 Å². The van der Waals surface area contributed by atoms with Crippen molar-refractivity contribution < 1.29 is 58.2 Å². The molecule has 4 aliphatic rings. The first-order chi connectivity index (χ1) is 30.9. The van der Waals surface area contributed by atoms with Gasteiger partial charge in [0.1, 0.15) is 35.9 Å². The van der Waals surface area contributed by atoms with Crippen LogP contribution < -0.4 is 4.74 Å². The number of hydrogen-bond donors (Lipinski definition) is 3. The highest BCUT2D eigenvalue weighted by atomic mass is 16.7. The van der Waals surface area contributed by atoms with Crippen LogP contribution in [-0.4, -0.2) is 124 Å². The number of cyclic esters (lactones) is 1. The number of benzene rings is 1. The molecule has 14 nitrogen and oxygen atoms in total. The molecule has 65 heavy (non-hydrogen) atoms. The number of allylic oxidation sites excluding steroid dienone is 3. The highest BCUT2D eigenvalue weighted by molar-refractivity contribution is 6.39. The Balaban J connectivity index is 1.32. The Morgan fingerprint density at radius 1 is 0.923 bits per heavy atom. The fourth-order valence-electron chi connectivity index (χ4n) is 10.8. The Hall–Kier alpha value is -3.92. The minimum Gasteiger partial charge on any atom is -0.488 e. The number of methoxy groups -OCH3 is 2. The van der Waals surface area contributed by atoms with Gasteiger partial charge in [-0.05, 0) is 120 Å². The number of ether oxygens (including phenoxy) is 5. The van der Waals surface area contributed by atoms with Gasteiger partial charge in [-0.2, -0.15) is 0 Å². The number of piperidine rings is 1. The van der Waals surface area contributed by atoms with Gasteiger partial charge in [0, 0.05) is 69.1 Å². The third kappa shape index (κ3) is 11.4. The second kappa shape index (κ2) is 21.8. The number of Topliss-reactive ketones (excluding diaryl/α,β-unsaturated/α-hetero) is 2. The molecule has 14 unspecified atom stereocenters. The first-order valence-corrected chi connectivity index (χ1v) is 23.9. The number of carbonyl (C=O) groups is 4. The van der Waals surface area contributed by atoms with Crippen molar-refractivity contribution >= 4 is 34.3 Å². The number of aliphatic hydroxyl groups excluding tert-OH is 2. The Bertz CT molecular complexity index is 2060. The Morgan fingerprint density at radius 2 is 1.65 bits per heavy atom. The number of aliphatic hydroxyl groups is 3. The monoisotopic (exact) mass is 907 g/mol. The molecule has 2 aromatic rings. The fraction of sp³-hybridized carbons (Fsp3) is 0.686. The molecule has 3 aliphatic heterocycles. The maximum atomic E-state index is 14.5. The second-order valence-corrected chi connectivity index (χ2v) is 19.7. The fourth-order valence-corrected chi connectivity index (χ4v) is 10.8. The van der Waals surface area contributed by atoms with Gasteiger partial charge >= 0.3 is 5.97 Å². The summed E-state index contributed by atoms with van der Waals surface area (Å²) in [6, 6.07) is 6.71. The largest absolute Gasteiger partial charge is 0.488 e. The molecule has 3 fully saturated rings. The van der Waals surface area contributed by atoms with Crippen LogP contribution in [0.1, 0.15) is 112 Å². The van der Waals surface area contributed by atoms with Crippen LogP contribution in [-0.2, 0) is 45.2 Å². The van der Waals surface area contributed by atoms with Crippen molar-refractivity contribution in [1.29, 1.82) is 0 Å². The Kier molecular flexibility index (Phi) is 16.9. The summed E-state index contributed by atoms with van der Waals surface area (Å²) in [7, 11) is 5.05. The highest BCUT2D eigenvalue weighted by Gasteiger charge is 2.56. The molecule has 14 atom stereocenters. The standard InChI is InChI=1S/C51H74N2O12/c1-10-35-22-29(2)21-30(3)23-44(61-8)47-45(62-9)25-32(5)51(60,65-47)48(57)49(58)53-19-12-11-13-39(53)50(59)64-46(33(6)41(55)28-42(35)56)31(4)24-34-14-17-40(54)43(26-34)63-37-15-16-38-36(27-37)18-20-52(38)7/h15-16,18,20,22,24,27,30,32-35,39-41,43-47,54-55,60H,10-14,17,19,21,23,25-26,28H2,1-9H3/b29-22+,31-24?. The Labute approximate surface area is 384 Å². The maximum absolute atomic E-state index is 14.5. The summed E-state index contributed by atoms with van der Waals surface area (Å²) in [5.41, 5.74) is 2.70. The lowest BCUT2D eigenvalue weighted by Crippen LogP contribution is -2.64. The molecular formula is C51H74N2O12. The third-order valence-corrected chi connectivity index (χ3v) is 14.7. The number of aryl methyl sites for hydroxylation is 1. The third-order valence-electron chi connectivity index (χ3n) is 14.7. The molecule has 2 bridgehead atoms. The van der Waals surface area contributed by atoms with E-state index in [1.54, 1.807) is 13.8 Å². The summed E-state index contributed by atoms with van der Waals surface area (Å²) in [5.74, 6) is -7.06. The summed E-state index contributed by atoms with van der Waals surface area (Å²) in [6.07, 6.45) is 5.08. The van der Waals surface area contributed by atoms with Crippen LogP contribution in [0.5, 0.6) is 5.75 Å². The summed E-state index contributed by atoms with van der Waals surface area (Å²) < 4.78 is 32.8. The summed E-state index contributed by atoms with van der Waals surface area (Å²) in [4.78, 5) is 58.4. The van der Waals surface area contributed by atoms with Crippen LogP contribution in [0.25, 0.3) is 10.9 Å². The molecule has 14 heteroatoms. The van der Waals surface area contributed by atoms with Crippen LogP contribution in [0, 0.1) is 29.6 Å². The quantitative estimate of drug-likeness (QED) is 0.158. The van der Waals surface area contributed by atoms with E-state index in [4.69, 9.17) is 23.7 Å². The van der Waals surface area contributed by atoms with E-state index >= 15 is 0 Å². The van der Waals surface area contributed by atoms with E-state index in [2.05, 4.69) is 6.92 Å². The molecule has 2 saturated heterocycles. The number of rotatable bonds is 7. The van der Waals surface area contributed by atoms with Gasteiger partial charge in [0.25, 0.3) is 11.7 Å². The van der Waals surface area contributed by atoms with E-state index in [1.165, 1.54) is 19.1 Å². The molecule has 360 valence electrons. The van der Waals surface area contributed by atoms with Crippen molar-refractivity contribution in [2.24, 2.45) is 36.6 Å². The van der Waals surface area contributed by atoms with Gasteiger partial charge in [-0.25, -0.2) is 4.79 Å². The molecule has 6 rings (SSSR count). The number of aromatic nitrogens is 1. The molecule has 1 aliphatic carbocycles. The molecule has 0 spiro atoms. The SMILES string of the molecule is CCC1/C=C(\C)CC(C)CC(OC)C2OC(O)(C(=O)C(=O)N3CCCCC3C(=O)OC(C(C)=CC3CCC(O)C(Oc4ccc5c(ccn5C)c4)C3)C(C)C(O)CC1=O)C(C)CC2OC. The Morgan fingerprint density at radius 3 is 2.35 bits per heavy atom. The lowest BCUT2D eigenvalue weighted by Gasteiger charge is -2.47. The zero-order chi connectivity index (χ0) is 47.3. The smallest absolute Gasteiger partial charge is 0.329 e. The molecule has 1 aromatic carbocycles. The normalized spacial score (nSPS) is 37.5. The van der Waals surface area contributed by atoms with Crippen molar-refractivity contribution in [2.45, 2.75) is 167 Å². The lowest BCUT2D eigenvalue weighted by molar-refractivity contribution is -0.302. The van der Waals surface area contributed by atoms with E-state index in [0.717, 1.165) is 16.5 Å². The molecule has 3 N–H and O–H groups in total. The highest BCUT2D eigenvalue weighted by Crippen LogP contribution is 2.39. The van der Waals surface area contributed by atoms with Crippen molar-refractivity contribution in [1.82, 2.24) is 9.47 Å². The van der Waals surface area contributed by atoms with Gasteiger partial charge in [0.2, 0.25) is 5.79 Å². The van der Waals surface area contributed by atoms with Gasteiger partial charge in [-0.1, -0.05) is 45.4 Å². The van der Waals surface area contributed by atoms with Crippen LogP contribution in [0.3, 0.4) is 0 Å². The lowest BCUT2D eigenvalue weighted by atomic mass is 9.81. The number of fused-ring (bicyclic) bond motifs is 4. The molecule has 1 aromatic heterocycles. The molecular weight excluding hydrogens is 833 g/mol. The van der Waals surface area contributed by atoms with E-state index in [0.29, 0.717) is 62.7 Å². The molecule has 4 heterocycles. The van der Waals surface area contributed by atoms with Crippen molar-refractivity contribution in [3.8, 4) is 5.75 Å². The van der Waals surface area contributed by atoms with Crippen LogP contribution >= 0.6 is 0 Å². The second-order valence-electron chi connectivity index (χ2n) is 19.7. The van der Waals surface area contributed by atoms with Crippen molar-refractivity contribution in [3.05, 3.63) is 53.8 Å². The predicted octanol–water partition coefficient (Wildman–Crippen LogP) is 6.40. The zero-order valence-electron chi connectivity index (χ0n) is 39.9. The van der Waals surface area contributed by atoms with Gasteiger partial charge in [0.15, 0.2) is 0 Å². The number of esters is 1.